The van der Waals surface area contributed by atoms with Crippen molar-refractivity contribution >= 4 is 11.8 Å². The first-order valence-corrected chi connectivity index (χ1v) is 8.67. The van der Waals surface area contributed by atoms with Crippen molar-refractivity contribution in [3.05, 3.63) is 42.5 Å². The fraction of sp³-hybridized carbons (Fsp3) is 0.474. The first-order chi connectivity index (χ1) is 12.0. The number of piperidine rings is 1. The lowest BCUT2D eigenvalue weighted by Gasteiger charge is -2.36. The second kappa shape index (κ2) is 7.27. The van der Waals surface area contributed by atoms with Gasteiger partial charge in [0.15, 0.2) is 0 Å². The van der Waals surface area contributed by atoms with Crippen molar-refractivity contribution in [1.29, 1.82) is 0 Å². The highest BCUT2D eigenvalue weighted by Gasteiger charge is 2.37. The van der Waals surface area contributed by atoms with Gasteiger partial charge in [-0.2, -0.15) is 0 Å². The van der Waals surface area contributed by atoms with Crippen LogP contribution in [0.25, 0.3) is 0 Å². The molecular weight excluding hydrogens is 320 g/mol. The van der Waals surface area contributed by atoms with E-state index in [1.807, 2.05) is 24.3 Å². The van der Waals surface area contributed by atoms with Crippen LogP contribution in [0.4, 0.5) is 0 Å². The lowest BCUT2D eigenvalue weighted by Crippen LogP contribution is -2.49. The topological polar surface area (TPSA) is 78.9 Å². The van der Waals surface area contributed by atoms with E-state index in [9.17, 15) is 14.7 Å². The van der Waals surface area contributed by atoms with Gasteiger partial charge in [0, 0.05) is 25.1 Å². The Morgan fingerprint density at radius 1 is 1.44 bits per heavy atom. The van der Waals surface area contributed by atoms with Crippen molar-refractivity contribution < 1.29 is 19.4 Å². The number of carbonyl (C=O) groups excluding carboxylic acids is 2. The van der Waals surface area contributed by atoms with E-state index >= 15 is 0 Å². The van der Waals surface area contributed by atoms with Crippen LogP contribution in [-0.2, 0) is 15.2 Å². The summed E-state index contributed by atoms with van der Waals surface area (Å²) in [5, 5.41) is 13.8. The molecule has 2 N–H and O–H groups in total. The fourth-order valence-electron chi connectivity index (χ4n) is 3.52. The number of nitrogens with one attached hydrogen (secondary N) is 1. The summed E-state index contributed by atoms with van der Waals surface area (Å²) < 4.78 is 5.57. The molecule has 2 atom stereocenters. The van der Waals surface area contributed by atoms with Gasteiger partial charge in [-0.1, -0.05) is 24.8 Å². The van der Waals surface area contributed by atoms with Gasteiger partial charge in [-0.25, -0.2) is 0 Å². The molecule has 1 fully saturated rings. The smallest absolute Gasteiger partial charge is 0.245 e. The summed E-state index contributed by atoms with van der Waals surface area (Å²) in [6, 6.07) is 7.35. The average molecular weight is 344 g/mol. The molecule has 0 saturated carbocycles. The van der Waals surface area contributed by atoms with Gasteiger partial charge in [-0.05, 0) is 25.0 Å². The zero-order chi connectivity index (χ0) is 17.9. The number of para-hydroxylation sites is 1. The molecule has 0 aliphatic carbocycles. The molecule has 1 aromatic rings. The van der Waals surface area contributed by atoms with Crippen molar-refractivity contribution in [2.45, 2.75) is 24.9 Å². The van der Waals surface area contributed by atoms with Crippen molar-refractivity contribution in [1.82, 2.24) is 10.2 Å². The molecule has 0 aromatic heterocycles. The van der Waals surface area contributed by atoms with Crippen molar-refractivity contribution in [2.75, 3.05) is 26.2 Å². The Kier molecular flexibility index (Phi) is 5.08. The van der Waals surface area contributed by atoms with E-state index in [4.69, 9.17) is 4.74 Å². The summed E-state index contributed by atoms with van der Waals surface area (Å²) in [5.74, 6) is 0.135. The Labute approximate surface area is 147 Å². The molecule has 25 heavy (non-hydrogen) atoms. The number of aliphatic hydroxyl groups is 1. The predicted octanol–water partition coefficient (Wildman–Crippen LogP) is 1.20. The third-order valence-electron chi connectivity index (χ3n) is 5.00. The zero-order valence-electron chi connectivity index (χ0n) is 14.2. The largest absolute Gasteiger partial charge is 0.493 e. The van der Waals surface area contributed by atoms with Crippen molar-refractivity contribution in [2.24, 2.45) is 5.92 Å². The molecule has 3 rings (SSSR count). The van der Waals surface area contributed by atoms with E-state index in [0.717, 1.165) is 12.8 Å². The van der Waals surface area contributed by atoms with E-state index in [2.05, 4.69) is 11.9 Å². The Bertz CT molecular complexity index is 675. The van der Waals surface area contributed by atoms with Crippen LogP contribution < -0.4 is 10.1 Å². The van der Waals surface area contributed by atoms with Crippen LogP contribution in [0, 0.1) is 5.92 Å². The maximum atomic E-state index is 12.5. The van der Waals surface area contributed by atoms with Crippen LogP contribution in [0.2, 0.25) is 0 Å². The van der Waals surface area contributed by atoms with Gasteiger partial charge < -0.3 is 20.1 Å². The van der Waals surface area contributed by atoms with Gasteiger partial charge >= 0.3 is 0 Å². The number of hydrogen-bond acceptors (Lipinski definition) is 4. The molecule has 2 amide bonds. The molecule has 6 nitrogen and oxygen atoms in total. The summed E-state index contributed by atoms with van der Waals surface area (Å²) in [7, 11) is 0. The Morgan fingerprint density at radius 3 is 3.04 bits per heavy atom. The molecule has 1 saturated heterocycles. The normalized spacial score (nSPS) is 25.5. The maximum Gasteiger partial charge on any atom is 0.245 e. The summed E-state index contributed by atoms with van der Waals surface area (Å²) in [5.41, 5.74) is -0.427. The summed E-state index contributed by atoms with van der Waals surface area (Å²) >= 11 is 0. The number of rotatable bonds is 4. The van der Waals surface area contributed by atoms with E-state index in [-0.39, 0.29) is 24.3 Å². The third kappa shape index (κ3) is 3.69. The van der Waals surface area contributed by atoms with Gasteiger partial charge in [0.05, 0.1) is 19.1 Å². The molecule has 1 aromatic carbocycles. The molecule has 0 spiro atoms. The van der Waals surface area contributed by atoms with E-state index in [0.29, 0.717) is 37.4 Å². The number of nitrogens with zero attached hydrogens (tertiary/aromatic N) is 1. The summed E-state index contributed by atoms with van der Waals surface area (Å²) in [6.45, 7) is 5.10. The summed E-state index contributed by atoms with van der Waals surface area (Å²) in [6.07, 6.45) is 3.24. The highest BCUT2D eigenvalue weighted by molar-refractivity contribution is 5.88. The molecule has 134 valence electrons. The first-order valence-electron chi connectivity index (χ1n) is 8.67. The molecule has 2 unspecified atom stereocenters. The molecule has 2 heterocycles. The Morgan fingerprint density at radius 2 is 2.24 bits per heavy atom. The van der Waals surface area contributed by atoms with Crippen molar-refractivity contribution in [3.8, 4) is 5.75 Å². The van der Waals surface area contributed by atoms with Crippen LogP contribution in [0.5, 0.6) is 5.75 Å². The van der Waals surface area contributed by atoms with Crippen LogP contribution in [0.1, 0.15) is 24.8 Å². The number of ether oxygens (including phenoxy) is 1. The fourth-order valence-corrected chi connectivity index (χ4v) is 3.52. The van der Waals surface area contributed by atoms with Gasteiger partial charge in [0.1, 0.15) is 11.4 Å². The highest BCUT2D eigenvalue weighted by atomic mass is 16.5. The van der Waals surface area contributed by atoms with Gasteiger partial charge in [-0.15, -0.1) is 0 Å². The van der Waals surface area contributed by atoms with Crippen LogP contribution >= 0.6 is 0 Å². The minimum Gasteiger partial charge on any atom is -0.493 e. The first kappa shape index (κ1) is 17.5. The minimum atomic E-state index is -1.13. The highest BCUT2D eigenvalue weighted by Crippen LogP contribution is 2.36. The predicted molar refractivity (Wildman–Crippen MR) is 93.0 cm³/mol. The number of benzene rings is 1. The van der Waals surface area contributed by atoms with E-state index < -0.39 is 5.60 Å². The van der Waals surface area contributed by atoms with Gasteiger partial charge in [0.2, 0.25) is 11.8 Å². The molecule has 6 heteroatoms. The number of likely N-dealkylation sites (tertiary alicyclic amines) is 1. The number of amides is 2. The lowest BCUT2D eigenvalue weighted by atomic mass is 9.87. The second-order valence-corrected chi connectivity index (χ2v) is 6.67. The number of fused-ring (bicyclic) bond motifs is 1. The molecule has 2 aliphatic rings. The monoisotopic (exact) mass is 344 g/mol. The van der Waals surface area contributed by atoms with Gasteiger partial charge in [-0.3, -0.25) is 9.59 Å². The van der Waals surface area contributed by atoms with Crippen LogP contribution in [-0.4, -0.2) is 48.1 Å². The standard InChI is InChI=1S/C19H24N2O4/c1-2-17(22)21-10-5-6-14(12-21)18(23)20-13-19(24)9-11-25-16-8-4-3-7-15(16)19/h2-4,7-8,14,24H,1,5-6,9-13H2,(H,20,23). The molecule has 2 aliphatic heterocycles. The van der Waals surface area contributed by atoms with Crippen LogP contribution in [0.3, 0.4) is 0 Å². The van der Waals surface area contributed by atoms with Gasteiger partial charge in [0.25, 0.3) is 0 Å². The van der Waals surface area contributed by atoms with E-state index in [1.54, 1.807) is 4.90 Å². The summed E-state index contributed by atoms with van der Waals surface area (Å²) in [4.78, 5) is 25.9. The molecular formula is C19H24N2O4. The Hall–Kier alpha value is -2.34. The maximum absolute atomic E-state index is 12.5. The molecule has 0 radical (unpaired) electrons. The third-order valence-corrected chi connectivity index (χ3v) is 5.00. The quantitative estimate of drug-likeness (QED) is 0.805. The minimum absolute atomic E-state index is 0.126. The lowest BCUT2D eigenvalue weighted by molar-refractivity contribution is -0.133. The second-order valence-electron chi connectivity index (χ2n) is 6.67. The molecule has 0 bridgehead atoms. The number of hydrogen-bond donors (Lipinski definition) is 2. The number of carbonyl (C=O) groups is 2. The van der Waals surface area contributed by atoms with E-state index in [1.165, 1.54) is 6.08 Å². The Balaban J connectivity index is 1.63. The average Bonchev–Trinajstić information content (AvgIpc) is 2.66. The van der Waals surface area contributed by atoms with Crippen LogP contribution in [0.15, 0.2) is 36.9 Å². The SMILES string of the molecule is C=CC(=O)N1CCCC(C(=O)NCC2(O)CCOc3ccccc32)C1. The zero-order valence-corrected chi connectivity index (χ0v) is 14.2. The van der Waals surface area contributed by atoms with Crippen molar-refractivity contribution in [3.63, 3.8) is 0 Å².